The van der Waals surface area contributed by atoms with E-state index in [-0.39, 0.29) is 55.0 Å². The van der Waals surface area contributed by atoms with Crippen molar-refractivity contribution < 1.29 is 19.2 Å². The number of anilines is 1. The van der Waals surface area contributed by atoms with Crippen molar-refractivity contribution in [3.63, 3.8) is 0 Å². The number of amides is 4. The van der Waals surface area contributed by atoms with Gasteiger partial charge in [0, 0.05) is 37.4 Å². The van der Waals surface area contributed by atoms with Crippen LogP contribution in [0.15, 0.2) is 30.3 Å². The number of hydrogen-bond donors (Lipinski definition) is 3. The van der Waals surface area contributed by atoms with Gasteiger partial charge in [0.15, 0.2) is 5.01 Å². The molecule has 1 saturated heterocycles. The van der Waals surface area contributed by atoms with Crippen LogP contribution in [0.3, 0.4) is 0 Å². The van der Waals surface area contributed by atoms with Crippen molar-refractivity contribution in [2.45, 2.75) is 25.9 Å². The second kappa shape index (κ2) is 11.8. The summed E-state index contributed by atoms with van der Waals surface area (Å²) in [5.74, 6) is -1.48. The molecule has 0 atom stereocenters. The summed E-state index contributed by atoms with van der Waals surface area (Å²) in [6, 6.07) is 8.24. The van der Waals surface area contributed by atoms with Gasteiger partial charge in [-0.05, 0) is 30.8 Å². The molecule has 2 aliphatic heterocycles. The zero-order valence-electron chi connectivity index (χ0n) is 20.2. The first-order chi connectivity index (χ1) is 17.8. The highest BCUT2D eigenvalue weighted by Gasteiger charge is 2.29. The lowest BCUT2D eigenvalue weighted by atomic mass is 10.1. The maximum absolute atomic E-state index is 13.3. The molecular formula is C24H24Cl2N6O4S2. The number of halogens is 2. The molecule has 3 aromatic rings. The highest BCUT2D eigenvalue weighted by atomic mass is 35.5. The molecule has 0 bridgehead atoms. The third-order valence-corrected chi connectivity index (χ3v) is 8.35. The van der Waals surface area contributed by atoms with E-state index in [4.69, 9.17) is 11.6 Å². The maximum atomic E-state index is 13.3. The predicted octanol–water partition coefficient (Wildman–Crippen LogP) is 3.33. The van der Waals surface area contributed by atoms with Crippen molar-refractivity contribution in [3.8, 4) is 0 Å². The minimum absolute atomic E-state index is 0. The summed E-state index contributed by atoms with van der Waals surface area (Å²) in [6.07, 6.45) is 0.967. The van der Waals surface area contributed by atoms with E-state index in [0.717, 1.165) is 41.4 Å². The van der Waals surface area contributed by atoms with Gasteiger partial charge in [0.25, 0.3) is 17.7 Å². The fourth-order valence-corrected chi connectivity index (χ4v) is 6.18. The van der Waals surface area contributed by atoms with Crippen LogP contribution in [0, 0.1) is 0 Å². The van der Waals surface area contributed by atoms with Crippen molar-refractivity contribution in [2.24, 2.45) is 0 Å². The summed E-state index contributed by atoms with van der Waals surface area (Å²) < 4.78 is 0.496. The number of carbonyl (C=O) groups excluding carboxylic acids is 4. The quantitative estimate of drug-likeness (QED) is 0.402. The number of hydrazine groups is 1. The number of nitrogens with one attached hydrogen (secondary N) is 3. The number of thiazole rings is 1. The van der Waals surface area contributed by atoms with Crippen molar-refractivity contribution in [3.05, 3.63) is 66.3 Å². The summed E-state index contributed by atoms with van der Waals surface area (Å²) in [6.45, 7) is 1.87. The van der Waals surface area contributed by atoms with Crippen molar-refractivity contribution in [1.82, 2.24) is 25.6 Å². The number of fused-ring (bicyclic) bond motifs is 1. The minimum Gasteiger partial charge on any atom is -0.347 e. The standard InChI is InChI=1S/C24H23ClN6O4S2.ClH/c1-30-9-7-15-17(12-30)37-23(27-15)22(34)28-20-13(11-26-21(33)16-5-6-18(25)36-16)3-2-4-14(20)24(35)31-10-8-19(32)29-31;/h2-6H,7-12H2,1H3,(H,26,33)(H,28,34)(H,29,32);1H. The normalized spacial score (nSPS) is 14.9. The van der Waals surface area contributed by atoms with E-state index < -0.39 is 11.8 Å². The molecule has 0 aliphatic carbocycles. The first-order valence-corrected chi connectivity index (χ1v) is 13.5. The Bertz CT molecular complexity index is 1410. The molecule has 10 nitrogen and oxygen atoms in total. The fourth-order valence-electron chi connectivity index (χ4n) is 4.13. The average Bonchev–Trinajstić information content (AvgIpc) is 3.62. The van der Waals surface area contributed by atoms with Gasteiger partial charge in [-0.2, -0.15) is 0 Å². The van der Waals surface area contributed by atoms with Crippen LogP contribution in [0.4, 0.5) is 5.69 Å². The van der Waals surface area contributed by atoms with Gasteiger partial charge >= 0.3 is 0 Å². The highest BCUT2D eigenvalue weighted by Crippen LogP contribution is 2.28. The third-order valence-electron chi connectivity index (χ3n) is 6.04. The molecule has 3 N–H and O–H groups in total. The molecule has 200 valence electrons. The summed E-state index contributed by atoms with van der Waals surface area (Å²) in [5, 5.41) is 7.21. The number of thiophene rings is 1. The van der Waals surface area contributed by atoms with E-state index in [0.29, 0.717) is 19.8 Å². The Kier molecular flexibility index (Phi) is 8.68. The topological polar surface area (TPSA) is 124 Å². The van der Waals surface area contributed by atoms with Gasteiger partial charge in [-0.15, -0.1) is 35.1 Å². The smallest absolute Gasteiger partial charge is 0.284 e. The minimum atomic E-state index is -0.459. The molecule has 5 rings (SSSR count). The second-order valence-corrected chi connectivity index (χ2v) is 11.5. The first-order valence-electron chi connectivity index (χ1n) is 11.5. The van der Waals surface area contributed by atoms with Crippen LogP contribution < -0.4 is 16.1 Å². The maximum Gasteiger partial charge on any atom is 0.284 e. The molecule has 1 fully saturated rings. The first kappa shape index (κ1) is 28.0. The SMILES string of the molecule is CN1CCc2nc(C(=O)Nc3c(CNC(=O)c4ccc(Cl)s4)cccc3C(=O)N3CCC(=O)N3)sc2C1.Cl. The molecule has 0 saturated carbocycles. The van der Waals surface area contributed by atoms with Crippen LogP contribution in [0.2, 0.25) is 4.34 Å². The van der Waals surface area contributed by atoms with E-state index in [2.05, 4.69) is 25.9 Å². The van der Waals surface area contributed by atoms with Gasteiger partial charge in [-0.25, -0.2) is 9.99 Å². The number of benzene rings is 1. The molecule has 1 aromatic carbocycles. The van der Waals surface area contributed by atoms with E-state index >= 15 is 0 Å². The van der Waals surface area contributed by atoms with Crippen LogP contribution in [-0.4, -0.2) is 58.7 Å². The highest BCUT2D eigenvalue weighted by molar-refractivity contribution is 7.18. The van der Waals surface area contributed by atoms with Gasteiger partial charge in [0.2, 0.25) is 5.91 Å². The van der Waals surface area contributed by atoms with E-state index in [1.165, 1.54) is 16.3 Å². The Balaban J connectivity index is 0.00000336. The van der Waals surface area contributed by atoms with E-state index in [9.17, 15) is 19.2 Å². The van der Waals surface area contributed by atoms with Crippen LogP contribution in [0.25, 0.3) is 0 Å². The van der Waals surface area contributed by atoms with Crippen LogP contribution in [-0.2, 0) is 24.3 Å². The van der Waals surface area contributed by atoms with Crippen molar-refractivity contribution in [2.75, 3.05) is 25.5 Å². The largest absolute Gasteiger partial charge is 0.347 e. The molecule has 0 spiro atoms. The van der Waals surface area contributed by atoms with Gasteiger partial charge in [0.1, 0.15) is 0 Å². The number of carbonyl (C=O) groups is 4. The lowest BCUT2D eigenvalue weighted by Gasteiger charge is -2.20. The molecule has 38 heavy (non-hydrogen) atoms. The average molecular weight is 596 g/mol. The molecule has 0 unspecified atom stereocenters. The summed E-state index contributed by atoms with van der Waals surface area (Å²) in [5.41, 5.74) is 4.43. The Labute approximate surface area is 237 Å². The molecule has 4 heterocycles. The van der Waals surface area contributed by atoms with Crippen molar-refractivity contribution >= 4 is 76.0 Å². The number of likely N-dealkylation sites (N-methyl/N-ethyl adjacent to an activating group) is 1. The monoisotopic (exact) mass is 594 g/mol. The third kappa shape index (κ3) is 6.00. The predicted molar refractivity (Wildman–Crippen MR) is 148 cm³/mol. The number of aromatic nitrogens is 1. The summed E-state index contributed by atoms with van der Waals surface area (Å²) >= 11 is 8.43. The summed E-state index contributed by atoms with van der Waals surface area (Å²) in [7, 11) is 2.02. The number of para-hydroxylation sites is 1. The number of hydrogen-bond acceptors (Lipinski definition) is 8. The van der Waals surface area contributed by atoms with Crippen LogP contribution in [0.1, 0.15) is 52.4 Å². The molecule has 2 aromatic heterocycles. The van der Waals surface area contributed by atoms with E-state index in [1.54, 1.807) is 30.3 Å². The lowest BCUT2D eigenvalue weighted by Crippen LogP contribution is -2.39. The number of rotatable bonds is 6. The Morgan fingerprint density at radius 2 is 1.92 bits per heavy atom. The van der Waals surface area contributed by atoms with Gasteiger partial charge in [0.05, 0.1) is 32.7 Å². The second-order valence-electron chi connectivity index (χ2n) is 8.70. The molecule has 0 radical (unpaired) electrons. The molecule has 14 heteroatoms. The summed E-state index contributed by atoms with van der Waals surface area (Å²) in [4.78, 5) is 59.1. The molecule has 4 amide bonds. The zero-order chi connectivity index (χ0) is 26.1. The lowest BCUT2D eigenvalue weighted by molar-refractivity contribution is -0.120. The number of nitrogens with zero attached hydrogens (tertiary/aromatic N) is 3. The van der Waals surface area contributed by atoms with Crippen molar-refractivity contribution in [1.29, 1.82) is 0 Å². The van der Waals surface area contributed by atoms with Crippen LogP contribution in [0.5, 0.6) is 0 Å². The van der Waals surface area contributed by atoms with E-state index in [1.807, 2.05) is 7.05 Å². The Hall–Kier alpha value is -3.03. The van der Waals surface area contributed by atoms with Gasteiger partial charge in [-0.3, -0.25) is 24.6 Å². The fraction of sp³-hybridized carbons (Fsp3) is 0.292. The van der Waals surface area contributed by atoms with Gasteiger partial charge < -0.3 is 15.5 Å². The Morgan fingerprint density at radius 1 is 1.11 bits per heavy atom. The zero-order valence-corrected chi connectivity index (χ0v) is 23.4. The molecular weight excluding hydrogens is 571 g/mol. The Morgan fingerprint density at radius 3 is 2.63 bits per heavy atom. The van der Waals surface area contributed by atoms with Gasteiger partial charge in [-0.1, -0.05) is 23.7 Å². The molecule has 2 aliphatic rings. The van der Waals surface area contributed by atoms with Crippen LogP contribution >= 0.6 is 46.7 Å².